The fourth-order valence-corrected chi connectivity index (χ4v) is 4.14. The van der Waals surface area contributed by atoms with Crippen LogP contribution in [0.1, 0.15) is 32.1 Å². The number of carbonyl (C=O) groups excluding carboxylic acids is 2. The number of carbonyl (C=O) groups is 2. The van der Waals surface area contributed by atoms with Gasteiger partial charge in [0.05, 0.1) is 24.4 Å². The van der Waals surface area contributed by atoms with Gasteiger partial charge in [-0.1, -0.05) is 6.07 Å². The lowest BCUT2D eigenvalue weighted by atomic mass is 10.1. The highest BCUT2D eigenvalue weighted by Crippen LogP contribution is 2.22. The van der Waals surface area contributed by atoms with Crippen LogP contribution in [-0.4, -0.2) is 58.4 Å². The second-order valence-corrected chi connectivity index (χ2v) is 8.40. The molecule has 4 rings (SSSR count). The van der Waals surface area contributed by atoms with Gasteiger partial charge in [0.1, 0.15) is 23.9 Å². The van der Waals surface area contributed by atoms with E-state index >= 15 is 0 Å². The van der Waals surface area contributed by atoms with E-state index in [0.29, 0.717) is 11.8 Å². The Bertz CT molecular complexity index is 1310. The summed E-state index contributed by atoms with van der Waals surface area (Å²) in [5.41, 5.74) is 0.534. The van der Waals surface area contributed by atoms with Gasteiger partial charge in [0.15, 0.2) is 11.4 Å². The number of methoxy groups -OCH3 is 1. The van der Waals surface area contributed by atoms with E-state index in [1.807, 2.05) is 5.38 Å². The molecule has 10 nitrogen and oxygen atoms in total. The van der Waals surface area contributed by atoms with Crippen LogP contribution in [0.15, 0.2) is 40.1 Å². The number of benzene rings is 1. The van der Waals surface area contributed by atoms with E-state index in [9.17, 15) is 28.3 Å². The first-order chi connectivity index (χ1) is 16.8. The van der Waals surface area contributed by atoms with Gasteiger partial charge in [0, 0.05) is 43.4 Å². The number of nitrogens with one attached hydrogen (secondary N) is 1. The predicted octanol–water partition coefficient (Wildman–Crippen LogP) is 1.42. The molecule has 0 unspecified atom stereocenters. The zero-order valence-corrected chi connectivity index (χ0v) is 19.3. The Labute approximate surface area is 202 Å². The maximum atomic E-state index is 13.9. The first-order valence-electron chi connectivity index (χ1n) is 10.4. The molecule has 0 spiro atoms. The molecule has 184 valence electrons. The van der Waals surface area contributed by atoms with E-state index in [2.05, 4.69) is 10.3 Å². The molecule has 35 heavy (non-hydrogen) atoms. The highest BCUT2D eigenvalue weighted by Gasteiger charge is 2.34. The minimum Gasteiger partial charge on any atom is -0.502 e. The first-order valence-corrected chi connectivity index (χ1v) is 11.4. The zero-order valence-electron chi connectivity index (χ0n) is 18.5. The summed E-state index contributed by atoms with van der Waals surface area (Å²) in [4.78, 5) is 44.3. The second kappa shape index (κ2) is 10.2. The van der Waals surface area contributed by atoms with Crippen molar-refractivity contribution in [2.75, 3.05) is 31.9 Å². The summed E-state index contributed by atoms with van der Waals surface area (Å²) >= 11 is 1.38. The summed E-state index contributed by atoms with van der Waals surface area (Å²) in [7, 11) is 1.49. The molecule has 1 aromatic carbocycles. The molecule has 2 N–H and O–H groups in total. The molecule has 0 aliphatic carbocycles. The Morgan fingerprint density at radius 2 is 2.11 bits per heavy atom. The van der Waals surface area contributed by atoms with Gasteiger partial charge in [-0.05, 0) is 6.07 Å². The summed E-state index contributed by atoms with van der Waals surface area (Å²) in [5.74, 6) is -4.01. The standard InChI is InChI=1S/C22H21F2N5O5S/c1-34-5-4-27-12-28(8-15-10-35-11-26-15)29-9-16(19(30)20(31)18(29)22(27)33)21(32)25-7-13-2-3-14(23)6-17(13)24/h2-3,6,9-11,31H,4-5,7-8,12H2,1H3,(H,25,32). The molecule has 0 saturated heterocycles. The van der Waals surface area contributed by atoms with Crippen molar-refractivity contribution >= 4 is 23.2 Å². The van der Waals surface area contributed by atoms with Crippen LogP contribution in [0.3, 0.4) is 0 Å². The summed E-state index contributed by atoms with van der Waals surface area (Å²) in [5, 5.41) is 16.5. The van der Waals surface area contributed by atoms with Crippen molar-refractivity contribution in [3.05, 3.63) is 79.7 Å². The van der Waals surface area contributed by atoms with Gasteiger partial charge in [-0.25, -0.2) is 13.8 Å². The Morgan fingerprint density at radius 1 is 1.31 bits per heavy atom. The highest BCUT2D eigenvalue weighted by molar-refractivity contribution is 7.07. The summed E-state index contributed by atoms with van der Waals surface area (Å²) < 4.78 is 33.3. The van der Waals surface area contributed by atoms with Crippen LogP contribution in [0, 0.1) is 11.6 Å². The fraction of sp³-hybridized carbons (Fsp3) is 0.273. The number of rotatable bonds is 8. The van der Waals surface area contributed by atoms with Crippen LogP contribution in [0.25, 0.3) is 0 Å². The number of hydrogen-bond donors (Lipinski definition) is 2. The summed E-state index contributed by atoms with van der Waals surface area (Å²) in [6, 6.07) is 2.89. The molecule has 0 radical (unpaired) electrons. The maximum Gasteiger partial charge on any atom is 0.277 e. The number of halogens is 2. The summed E-state index contributed by atoms with van der Waals surface area (Å²) in [6.07, 6.45) is 1.16. The molecule has 2 aromatic heterocycles. The van der Waals surface area contributed by atoms with Crippen LogP contribution < -0.4 is 15.8 Å². The third-order valence-electron chi connectivity index (χ3n) is 5.39. The zero-order chi connectivity index (χ0) is 25.1. The van der Waals surface area contributed by atoms with Gasteiger partial charge in [0.25, 0.3) is 11.8 Å². The van der Waals surface area contributed by atoms with Crippen LogP contribution in [0.5, 0.6) is 5.75 Å². The lowest BCUT2D eigenvalue weighted by Crippen LogP contribution is -2.54. The average molecular weight is 506 g/mol. The molecule has 3 heterocycles. The SMILES string of the molecule is COCCN1CN(Cc2cscn2)n2cc(C(=O)NCc3ccc(F)cc3F)c(=O)c(O)c2C1=O. The minimum atomic E-state index is -1.05. The number of nitrogens with zero attached hydrogens (tertiary/aromatic N) is 4. The normalized spacial score (nSPS) is 13.2. The van der Waals surface area contributed by atoms with E-state index in [-0.39, 0.29) is 44.2 Å². The fourth-order valence-electron chi connectivity index (χ4n) is 3.59. The van der Waals surface area contributed by atoms with Crippen LogP contribution in [-0.2, 0) is 17.8 Å². The van der Waals surface area contributed by atoms with Gasteiger partial charge in [-0.15, -0.1) is 11.3 Å². The number of aromatic hydroxyl groups is 1. The number of hydrogen-bond acceptors (Lipinski definition) is 8. The number of ether oxygens (including phenoxy) is 1. The van der Waals surface area contributed by atoms with Gasteiger partial charge >= 0.3 is 0 Å². The smallest absolute Gasteiger partial charge is 0.277 e. The van der Waals surface area contributed by atoms with E-state index in [0.717, 1.165) is 12.3 Å². The van der Waals surface area contributed by atoms with Crippen molar-refractivity contribution in [1.82, 2.24) is 19.9 Å². The Balaban J connectivity index is 1.68. The first kappa shape index (κ1) is 24.3. The number of amides is 2. The molecule has 0 fully saturated rings. The molecule has 13 heteroatoms. The lowest BCUT2D eigenvalue weighted by Gasteiger charge is -2.39. The highest BCUT2D eigenvalue weighted by atomic mass is 32.1. The van der Waals surface area contributed by atoms with E-state index < -0.39 is 40.2 Å². The molecular formula is C22H21F2N5O5S. The minimum absolute atomic E-state index is 0.0103. The number of pyridine rings is 1. The van der Waals surface area contributed by atoms with Crippen LogP contribution in [0.2, 0.25) is 0 Å². The van der Waals surface area contributed by atoms with Crippen molar-refractivity contribution in [3.63, 3.8) is 0 Å². The van der Waals surface area contributed by atoms with Gasteiger partial charge in [0.2, 0.25) is 5.43 Å². The third kappa shape index (κ3) is 5.00. The molecule has 0 bridgehead atoms. The Hall–Kier alpha value is -3.84. The molecule has 3 aromatic rings. The quantitative estimate of drug-likeness (QED) is 0.476. The molecule has 1 aliphatic rings. The van der Waals surface area contributed by atoms with Gasteiger partial charge < -0.3 is 20.1 Å². The lowest BCUT2D eigenvalue weighted by molar-refractivity contribution is 0.0619. The second-order valence-electron chi connectivity index (χ2n) is 7.68. The molecular weight excluding hydrogens is 484 g/mol. The van der Waals surface area contributed by atoms with Crippen molar-refractivity contribution in [3.8, 4) is 5.75 Å². The number of fused-ring (bicyclic) bond motifs is 1. The van der Waals surface area contributed by atoms with E-state index in [4.69, 9.17) is 4.74 Å². The van der Waals surface area contributed by atoms with Crippen molar-refractivity contribution in [1.29, 1.82) is 0 Å². The Morgan fingerprint density at radius 3 is 2.80 bits per heavy atom. The van der Waals surface area contributed by atoms with Gasteiger partial charge in [-0.3, -0.25) is 24.1 Å². The largest absolute Gasteiger partial charge is 0.502 e. The van der Waals surface area contributed by atoms with Crippen molar-refractivity contribution in [2.45, 2.75) is 13.1 Å². The van der Waals surface area contributed by atoms with E-state index in [1.165, 1.54) is 34.1 Å². The summed E-state index contributed by atoms with van der Waals surface area (Å²) in [6.45, 7) is 0.428. The molecule has 0 saturated carbocycles. The molecule has 1 aliphatic heterocycles. The molecule has 0 atom stereocenters. The topological polar surface area (TPSA) is 117 Å². The van der Waals surface area contributed by atoms with Crippen molar-refractivity contribution in [2.24, 2.45) is 0 Å². The number of thiazole rings is 1. The number of aromatic nitrogens is 2. The average Bonchev–Trinajstić information content (AvgIpc) is 3.34. The predicted molar refractivity (Wildman–Crippen MR) is 122 cm³/mol. The van der Waals surface area contributed by atoms with Crippen LogP contribution >= 0.6 is 11.3 Å². The third-order valence-corrected chi connectivity index (χ3v) is 6.02. The van der Waals surface area contributed by atoms with Gasteiger partial charge in [-0.2, -0.15) is 0 Å². The van der Waals surface area contributed by atoms with Crippen molar-refractivity contribution < 1.29 is 28.2 Å². The van der Waals surface area contributed by atoms with E-state index in [1.54, 1.807) is 10.5 Å². The Kier molecular flexibility index (Phi) is 7.07. The monoisotopic (exact) mass is 505 g/mol. The molecule has 2 amide bonds. The van der Waals surface area contributed by atoms with Crippen LogP contribution in [0.4, 0.5) is 8.78 Å². The maximum absolute atomic E-state index is 13.9.